The van der Waals surface area contributed by atoms with Crippen LogP contribution >= 0.6 is 0 Å². The van der Waals surface area contributed by atoms with Gasteiger partial charge in [-0.3, -0.25) is 0 Å². The van der Waals surface area contributed by atoms with E-state index in [1.165, 1.54) is 0 Å². The molecule has 0 unspecified atom stereocenters. The third-order valence-electron chi connectivity index (χ3n) is 3.95. The molecule has 0 saturated heterocycles. The zero-order valence-electron chi connectivity index (χ0n) is 14.2. The van der Waals surface area contributed by atoms with Gasteiger partial charge in [-0.2, -0.15) is 0 Å². The summed E-state index contributed by atoms with van der Waals surface area (Å²) in [4.78, 5) is 18.8. The van der Waals surface area contributed by atoms with Gasteiger partial charge in [0.2, 0.25) is 0 Å². The van der Waals surface area contributed by atoms with E-state index in [9.17, 15) is 9.90 Å². The van der Waals surface area contributed by atoms with Gasteiger partial charge in [0.05, 0.1) is 25.3 Å². The number of carbonyl (C=O) groups is 1. The molecular formula is C19H18N2O4. The molecule has 0 aliphatic heterocycles. The number of nitrogens with zero attached hydrogens (tertiary/aromatic N) is 1. The maximum Gasteiger partial charge on any atom is 0.337 e. The lowest BCUT2D eigenvalue weighted by molar-refractivity contribution is 0.0699. The minimum Gasteiger partial charge on any atom is -0.493 e. The minimum atomic E-state index is -0.996. The maximum atomic E-state index is 11.3. The Hall–Kier alpha value is -3.28. The van der Waals surface area contributed by atoms with Gasteiger partial charge in [-0.15, -0.1) is 0 Å². The van der Waals surface area contributed by atoms with Crippen LogP contribution in [0.25, 0.3) is 22.7 Å². The van der Waals surface area contributed by atoms with Crippen molar-refractivity contribution < 1.29 is 19.4 Å². The second-order valence-electron chi connectivity index (χ2n) is 5.53. The monoisotopic (exact) mass is 338 g/mol. The molecule has 1 aromatic heterocycles. The van der Waals surface area contributed by atoms with Crippen molar-refractivity contribution in [2.75, 3.05) is 14.2 Å². The van der Waals surface area contributed by atoms with E-state index in [1.54, 1.807) is 32.4 Å². The first-order valence-electron chi connectivity index (χ1n) is 7.66. The van der Waals surface area contributed by atoms with Gasteiger partial charge in [-0.05, 0) is 48.4 Å². The van der Waals surface area contributed by atoms with E-state index in [0.717, 1.165) is 11.1 Å². The molecule has 3 rings (SSSR count). The fraction of sp³-hybridized carbons (Fsp3) is 0.158. The van der Waals surface area contributed by atoms with Crippen LogP contribution in [0.3, 0.4) is 0 Å². The fourth-order valence-electron chi connectivity index (χ4n) is 2.66. The van der Waals surface area contributed by atoms with Gasteiger partial charge in [0.1, 0.15) is 11.3 Å². The number of methoxy groups -OCH3 is 2. The van der Waals surface area contributed by atoms with Crippen LogP contribution in [0.1, 0.15) is 28.7 Å². The second kappa shape index (κ2) is 6.68. The van der Waals surface area contributed by atoms with E-state index in [4.69, 9.17) is 9.47 Å². The van der Waals surface area contributed by atoms with Gasteiger partial charge in [0.15, 0.2) is 11.5 Å². The van der Waals surface area contributed by atoms with E-state index in [0.29, 0.717) is 28.4 Å². The Morgan fingerprint density at radius 1 is 1.16 bits per heavy atom. The number of aromatic carboxylic acids is 1. The molecule has 0 bridgehead atoms. The van der Waals surface area contributed by atoms with Crippen LogP contribution in [0.4, 0.5) is 0 Å². The van der Waals surface area contributed by atoms with Gasteiger partial charge in [0, 0.05) is 0 Å². The number of hydrogen-bond donors (Lipinski definition) is 2. The quantitative estimate of drug-likeness (QED) is 0.738. The lowest BCUT2D eigenvalue weighted by Crippen LogP contribution is -1.96. The fourth-order valence-corrected chi connectivity index (χ4v) is 2.66. The number of carboxylic acids is 1. The molecule has 2 N–H and O–H groups in total. The van der Waals surface area contributed by atoms with Crippen LogP contribution in [0.15, 0.2) is 36.4 Å². The predicted molar refractivity (Wildman–Crippen MR) is 96.1 cm³/mol. The first-order valence-corrected chi connectivity index (χ1v) is 7.66. The largest absolute Gasteiger partial charge is 0.493 e. The summed E-state index contributed by atoms with van der Waals surface area (Å²) < 4.78 is 10.6. The molecule has 6 nitrogen and oxygen atoms in total. The summed E-state index contributed by atoms with van der Waals surface area (Å²) in [5, 5.41) is 9.26. The highest BCUT2D eigenvalue weighted by Crippen LogP contribution is 2.31. The number of rotatable bonds is 5. The molecule has 0 aliphatic rings. The highest BCUT2D eigenvalue weighted by Gasteiger charge is 2.12. The summed E-state index contributed by atoms with van der Waals surface area (Å²) in [6.45, 7) is 1.95. The average molecular weight is 338 g/mol. The topological polar surface area (TPSA) is 84.4 Å². The molecule has 0 spiro atoms. The zero-order valence-corrected chi connectivity index (χ0v) is 14.2. The van der Waals surface area contributed by atoms with Crippen LogP contribution in [-0.4, -0.2) is 35.3 Å². The van der Waals surface area contributed by atoms with E-state index < -0.39 is 5.97 Å². The average Bonchev–Trinajstić information content (AvgIpc) is 3.02. The molecule has 6 heteroatoms. The normalized spacial score (nSPS) is 11.6. The summed E-state index contributed by atoms with van der Waals surface area (Å²) in [6.07, 6.45) is 1.87. The lowest BCUT2D eigenvalue weighted by atomic mass is 10.1. The van der Waals surface area contributed by atoms with Crippen molar-refractivity contribution in [3.05, 3.63) is 53.3 Å². The van der Waals surface area contributed by atoms with Gasteiger partial charge < -0.3 is 19.6 Å². The van der Waals surface area contributed by atoms with E-state index in [-0.39, 0.29) is 5.56 Å². The molecule has 0 radical (unpaired) electrons. The van der Waals surface area contributed by atoms with Gasteiger partial charge >= 0.3 is 5.97 Å². The molecule has 0 saturated carbocycles. The first-order chi connectivity index (χ1) is 12.0. The molecule has 2 aromatic carbocycles. The number of fused-ring (bicyclic) bond motifs is 1. The SMILES string of the molecule is COc1ccc(/C(C)=C/c2nc3c(C(=O)O)cccc3[nH]2)cc1OC. The Morgan fingerprint density at radius 3 is 2.60 bits per heavy atom. The van der Waals surface area contributed by atoms with Crippen molar-refractivity contribution in [2.24, 2.45) is 0 Å². The molecule has 128 valence electrons. The Morgan fingerprint density at radius 2 is 1.92 bits per heavy atom. The number of imidazole rings is 1. The summed E-state index contributed by atoms with van der Waals surface area (Å²) in [5.41, 5.74) is 3.22. The smallest absolute Gasteiger partial charge is 0.337 e. The van der Waals surface area contributed by atoms with Crippen molar-refractivity contribution in [3.8, 4) is 11.5 Å². The van der Waals surface area contributed by atoms with Crippen molar-refractivity contribution in [2.45, 2.75) is 6.92 Å². The third-order valence-corrected chi connectivity index (χ3v) is 3.95. The zero-order chi connectivity index (χ0) is 18.0. The standard InChI is InChI=1S/C19H18N2O4/c1-11(12-7-8-15(24-2)16(10-12)25-3)9-17-20-14-6-4-5-13(19(22)23)18(14)21-17/h4-10H,1-3H3,(H,20,21)(H,22,23)/b11-9+. The molecule has 3 aromatic rings. The minimum absolute atomic E-state index is 0.178. The van der Waals surface area contributed by atoms with Crippen molar-refractivity contribution in [1.82, 2.24) is 9.97 Å². The number of benzene rings is 2. The van der Waals surface area contributed by atoms with E-state index in [2.05, 4.69) is 9.97 Å². The molecular weight excluding hydrogens is 320 g/mol. The van der Waals surface area contributed by atoms with Crippen LogP contribution in [0.2, 0.25) is 0 Å². The molecule has 0 aliphatic carbocycles. The van der Waals surface area contributed by atoms with E-state index >= 15 is 0 Å². The number of H-pyrrole nitrogens is 1. The third kappa shape index (κ3) is 3.19. The predicted octanol–water partition coefficient (Wildman–Crippen LogP) is 3.84. The van der Waals surface area contributed by atoms with Gasteiger partial charge in [0.25, 0.3) is 0 Å². The molecule has 1 heterocycles. The van der Waals surface area contributed by atoms with Crippen molar-refractivity contribution in [3.63, 3.8) is 0 Å². The molecule has 0 amide bonds. The highest BCUT2D eigenvalue weighted by molar-refractivity contribution is 6.01. The highest BCUT2D eigenvalue weighted by atomic mass is 16.5. The number of aromatic amines is 1. The summed E-state index contributed by atoms with van der Waals surface area (Å²) in [5.74, 6) is 0.902. The lowest BCUT2D eigenvalue weighted by Gasteiger charge is -2.09. The molecule has 0 fully saturated rings. The molecule has 25 heavy (non-hydrogen) atoms. The second-order valence-corrected chi connectivity index (χ2v) is 5.53. The number of hydrogen-bond acceptors (Lipinski definition) is 4. The summed E-state index contributed by atoms with van der Waals surface area (Å²) in [6, 6.07) is 10.7. The number of nitrogens with one attached hydrogen (secondary N) is 1. The van der Waals surface area contributed by atoms with Gasteiger partial charge in [-0.1, -0.05) is 12.1 Å². The number of ether oxygens (including phenoxy) is 2. The number of para-hydroxylation sites is 1. The van der Waals surface area contributed by atoms with Crippen LogP contribution in [0, 0.1) is 0 Å². The number of aromatic nitrogens is 2. The van der Waals surface area contributed by atoms with Crippen LogP contribution in [-0.2, 0) is 0 Å². The van der Waals surface area contributed by atoms with E-state index in [1.807, 2.05) is 31.2 Å². The summed E-state index contributed by atoms with van der Waals surface area (Å²) >= 11 is 0. The Kier molecular flexibility index (Phi) is 4.43. The van der Waals surface area contributed by atoms with Gasteiger partial charge in [-0.25, -0.2) is 9.78 Å². The Labute approximate surface area is 144 Å². The summed E-state index contributed by atoms with van der Waals surface area (Å²) in [7, 11) is 3.18. The number of carboxylic acid groups (broad SMARTS) is 1. The van der Waals surface area contributed by atoms with Crippen molar-refractivity contribution >= 4 is 28.7 Å². The Balaban J connectivity index is 2.01. The maximum absolute atomic E-state index is 11.3. The van der Waals surface area contributed by atoms with Crippen molar-refractivity contribution in [1.29, 1.82) is 0 Å². The molecule has 0 atom stereocenters. The Bertz CT molecular complexity index is 973. The van der Waals surface area contributed by atoms with Crippen LogP contribution < -0.4 is 9.47 Å². The van der Waals surface area contributed by atoms with Crippen LogP contribution in [0.5, 0.6) is 11.5 Å². The first kappa shape index (κ1) is 16.6. The number of allylic oxidation sites excluding steroid dienone is 1.